The van der Waals surface area contributed by atoms with Gasteiger partial charge in [0.2, 0.25) is 0 Å². The van der Waals surface area contributed by atoms with Gasteiger partial charge in [-0.05, 0) is 30.5 Å². The van der Waals surface area contributed by atoms with Gasteiger partial charge in [-0.2, -0.15) is 0 Å². The van der Waals surface area contributed by atoms with Gasteiger partial charge < -0.3 is 14.1 Å². The Bertz CT molecular complexity index is 940. The molecule has 7 nitrogen and oxygen atoms in total. The molecule has 2 aromatic heterocycles. The molecule has 3 heterocycles. The molecule has 144 valence electrons. The lowest BCUT2D eigenvalue weighted by molar-refractivity contribution is -0.127. The van der Waals surface area contributed by atoms with E-state index in [2.05, 4.69) is 10.2 Å². The number of Topliss-reactive ketones (excluding diaryl/α,β-unsaturated/α-hetero) is 1. The van der Waals surface area contributed by atoms with E-state index in [9.17, 15) is 9.59 Å². The molecule has 1 aliphatic heterocycles. The third-order valence-electron chi connectivity index (χ3n) is 4.56. The Balaban J connectivity index is 1.38. The number of likely N-dealkylation sites (tertiary alicyclic amines) is 1. The standard InChI is InChI=1S/C20H19N3O4S/c24-18(16-9-5-11-27-16)20(25)23-10-4-8-15(23)19-22-21-17(28-19)13-26-12-14-6-2-1-3-7-14/h1-3,5-7,9,11,15H,4,8,10,12-13H2. The first kappa shape index (κ1) is 18.5. The van der Waals surface area contributed by atoms with E-state index in [1.807, 2.05) is 30.3 Å². The second kappa shape index (κ2) is 8.45. The lowest BCUT2D eigenvalue weighted by atomic mass is 10.2. The van der Waals surface area contributed by atoms with Crippen LogP contribution in [0.3, 0.4) is 0 Å². The van der Waals surface area contributed by atoms with Crippen LogP contribution in [0.15, 0.2) is 53.1 Å². The minimum absolute atomic E-state index is 0.0583. The van der Waals surface area contributed by atoms with Gasteiger partial charge in [-0.25, -0.2) is 0 Å². The van der Waals surface area contributed by atoms with Crippen molar-refractivity contribution < 1.29 is 18.7 Å². The van der Waals surface area contributed by atoms with E-state index in [0.717, 1.165) is 28.4 Å². The first-order chi connectivity index (χ1) is 13.7. The summed E-state index contributed by atoms with van der Waals surface area (Å²) in [4.78, 5) is 26.5. The number of benzene rings is 1. The molecular weight excluding hydrogens is 378 g/mol. The van der Waals surface area contributed by atoms with E-state index in [-0.39, 0.29) is 11.8 Å². The van der Waals surface area contributed by atoms with Gasteiger partial charge in [0.05, 0.1) is 18.9 Å². The summed E-state index contributed by atoms with van der Waals surface area (Å²) in [6.45, 7) is 1.38. The van der Waals surface area contributed by atoms with Crippen molar-refractivity contribution in [3.8, 4) is 0 Å². The average molecular weight is 397 g/mol. The predicted octanol–water partition coefficient (Wildman–Crippen LogP) is 3.39. The quantitative estimate of drug-likeness (QED) is 0.449. The van der Waals surface area contributed by atoms with Crippen LogP contribution in [0.2, 0.25) is 0 Å². The van der Waals surface area contributed by atoms with Crippen molar-refractivity contribution in [3.05, 3.63) is 70.1 Å². The summed E-state index contributed by atoms with van der Waals surface area (Å²) in [5, 5.41) is 9.91. The Morgan fingerprint density at radius 3 is 2.79 bits per heavy atom. The molecule has 4 rings (SSSR count). The SMILES string of the molecule is O=C(C(=O)N1CCCC1c1nnc(COCc2ccccc2)s1)c1ccco1. The van der Waals surface area contributed by atoms with E-state index in [1.165, 1.54) is 23.7 Å². The normalized spacial score (nSPS) is 16.4. The fraction of sp³-hybridized carbons (Fsp3) is 0.300. The third kappa shape index (κ3) is 4.02. The molecule has 0 bridgehead atoms. The number of ether oxygens (including phenoxy) is 1. The van der Waals surface area contributed by atoms with Crippen LogP contribution in [-0.2, 0) is 22.7 Å². The van der Waals surface area contributed by atoms with Crippen LogP contribution < -0.4 is 0 Å². The fourth-order valence-electron chi connectivity index (χ4n) is 3.20. The number of furan rings is 1. The third-order valence-corrected chi connectivity index (χ3v) is 5.56. The summed E-state index contributed by atoms with van der Waals surface area (Å²) in [6, 6.07) is 12.8. The zero-order valence-corrected chi connectivity index (χ0v) is 15.9. The topological polar surface area (TPSA) is 85.5 Å². The van der Waals surface area contributed by atoms with Gasteiger partial charge in [0.15, 0.2) is 5.76 Å². The molecule has 0 aliphatic carbocycles. The summed E-state index contributed by atoms with van der Waals surface area (Å²) in [6.07, 6.45) is 2.96. The molecule has 8 heteroatoms. The zero-order chi connectivity index (χ0) is 19.3. The van der Waals surface area contributed by atoms with Crippen molar-refractivity contribution in [2.24, 2.45) is 0 Å². The molecule has 1 aliphatic rings. The molecule has 0 N–H and O–H groups in total. The van der Waals surface area contributed by atoms with Crippen LogP contribution in [0.25, 0.3) is 0 Å². The molecule has 1 amide bonds. The Hall–Kier alpha value is -2.84. The summed E-state index contributed by atoms with van der Waals surface area (Å²) >= 11 is 1.42. The minimum Gasteiger partial charge on any atom is -0.461 e. The van der Waals surface area contributed by atoms with E-state index in [0.29, 0.717) is 19.8 Å². The Morgan fingerprint density at radius 2 is 2.00 bits per heavy atom. The van der Waals surface area contributed by atoms with Crippen LogP contribution in [-0.4, -0.2) is 33.3 Å². The highest BCUT2D eigenvalue weighted by Crippen LogP contribution is 2.34. The molecule has 0 radical (unpaired) electrons. The minimum atomic E-state index is -0.632. The molecule has 1 fully saturated rings. The van der Waals surface area contributed by atoms with Gasteiger partial charge in [-0.15, -0.1) is 10.2 Å². The number of hydrogen-bond donors (Lipinski definition) is 0. The monoisotopic (exact) mass is 397 g/mol. The molecule has 1 unspecified atom stereocenters. The molecule has 0 spiro atoms. The Morgan fingerprint density at radius 1 is 1.14 bits per heavy atom. The van der Waals surface area contributed by atoms with Crippen molar-refractivity contribution >= 4 is 23.0 Å². The fourth-order valence-corrected chi connectivity index (χ4v) is 4.13. The largest absolute Gasteiger partial charge is 0.461 e. The predicted molar refractivity (Wildman–Crippen MR) is 102 cm³/mol. The van der Waals surface area contributed by atoms with Crippen molar-refractivity contribution in [3.63, 3.8) is 0 Å². The number of ketones is 1. The van der Waals surface area contributed by atoms with E-state index in [4.69, 9.17) is 9.15 Å². The number of nitrogens with zero attached hydrogens (tertiary/aromatic N) is 3. The lowest BCUT2D eigenvalue weighted by Crippen LogP contribution is -2.36. The Kier molecular flexibility index (Phi) is 5.59. The van der Waals surface area contributed by atoms with Crippen molar-refractivity contribution in [2.75, 3.05) is 6.54 Å². The van der Waals surface area contributed by atoms with Crippen molar-refractivity contribution in [1.82, 2.24) is 15.1 Å². The molecule has 1 atom stereocenters. The van der Waals surface area contributed by atoms with Crippen molar-refractivity contribution in [2.45, 2.75) is 32.1 Å². The van der Waals surface area contributed by atoms with E-state index >= 15 is 0 Å². The number of aromatic nitrogens is 2. The number of amides is 1. The van der Waals surface area contributed by atoms with Gasteiger partial charge in [-0.3, -0.25) is 9.59 Å². The van der Waals surface area contributed by atoms with Crippen LogP contribution in [0, 0.1) is 0 Å². The highest BCUT2D eigenvalue weighted by atomic mass is 32.1. The van der Waals surface area contributed by atoms with Crippen LogP contribution in [0.1, 0.15) is 45.0 Å². The first-order valence-corrected chi connectivity index (χ1v) is 9.87. The molecule has 3 aromatic rings. The molecule has 28 heavy (non-hydrogen) atoms. The van der Waals surface area contributed by atoms with Crippen molar-refractivity contribution in [1.29, 1.82) is 0 Å². The Labute approximate surface area is 165 Å². The van der Waals surface area contributed by atoms with Crippen LogP contribution in [0.5, 0.6) is 0 Å². The van der Waals surface area contributed by atoms with Gasteiger partial charge in [-0.1, -0.05) is 41.7 Å². The highest BCUT2D eigenvalue weighted by molar-refractivity contribution is 7.11. The van der Waals surface area contributed by atoms with Crippen LogP contribution in [0.4, 0.5) is 0 Å². The molecule has 0 saturated carbocycles. The molecular formula is C20H19N3O4S. The molecule has 1 saturated heterocycles. The van der Waals surface area contributed by atoms with Crippen LogP contribution >= 0.6 is 11.3 Å². The molecule has 1 aromatic carbocycles. The second-order valence-corrected chi connectivity index (χ2v) is 7.57. The maximum Gasteiger partial charge on any atom is 0.298 e. The highest BCUT2D eigenvalue weighted by Gasteiger charge is 2.36. The maximum absolute atomic E-state index is 12.6. The van der Waals surface area contributed by atoms with E-state index in [1.54, 1.807) is 11.0 Å². The van der Waals surface area contributed by atoms with Gasteiger partial charge in [0.1, 0.15) is 16.6 Å². The second-order valence-electron chi connectivity index (χ2n) is 6.48. The van der Waals surface area contributed by atoms with E-state index < -0.39 is 11.7 Å². The lowest BCUT2D eigenvalue weighted by Gasteiger charge is -2.21. The zero-order valence-electron chi connectivity index (χ0n) is 15.1. The average Bonchev–Trinajstić information content (AvgIpc) is 3.48. The van der Waals surface area contributed by atoms with Gasteiger partial charge >= 0.3 is 0 Å². The first-order valence-electron chi connectivity index (χ1n) is 9.05. The summed E-state index contributed by atoms with van der Waals surface area (Å²) in [5.74, 6) is -1.13. The number of carbonyl (C=O) groups is 2. The summed E-state index contributed by atoms with van der Waals surface area (Å²) in [5.41, 5.74) is 1.09. The number of carbonyl (C=O) groups excluding carboxylic acids is 2. The summed E-state index contributed by atoms with van der Waals surface area (Å²) in [7, 11) is 0. The number of hydrogen-bond acceptors (Lipinski definition) is 7. The maximum atomic E-state index is 12.6. The smallest absolute Gasteiger partial charge is 0.298 e. The number of rotatable bonds is 7. The summed E-state index contributed by atoms with van der Waals surface area (Å²) < 4.78 is 10.8. The van der Waals surface area contributed by atoms with Gasteiger partial charge in [0, 0.05) is 6.54 Å². The van der Waals surface area contributed by atoms with Gasteiger partial charge in [0.25, 0.3) is 11.7 Å².